The van der Waals surface area contributed by atoms with Crippen LogP contribution in [-0.2, 0) is 30.1 Å². The Bertz CT molecular complexity index is 1550. The van der Waals surface area contributed by atoms with Gasteiger partial charge in [0.2, 0.25) is 5.91 Å². The van der Waals surface area contributed by atoms with E-state index < -0.39 is 5.41 Å². The number of fused-ring (bicyclic) bond motifs is 2. The second-order valence-corrected chi connectivity index (χ2v) is 12.0. The summed E-state index contributed by atoms with van der Waals surface area (Å²) in [6.45, 7) is 1.15. The monoisotopic (exact) mass is 597 g/mol. The lowest BCUT2D eigenvalue weighted by Gasteiger charge is -2.35. The van der Waals surface area contributed by atoms with Crippen LogP contribution in [0, 0.1) is 11.3 Å². The first-order valence-electron chi connectivity index (χ1n) is 14.9. The third-order valence-electron chi connectivity index (χ3n) is 8.78. The number of hydrogen-bond acceptors (Lipinski definition) is 8. The Morgan fingerprint density at radius 3 is 2.09 bits per heavy atom. The van der Waals surface area contributed by atoms with Crippen molar-refractivity contribution in [1.82, 2.24) is 40.2 Å². The number of carbonyl (C=O) groups is 3. The van der Waals surface area contributed by atoms with E-state index in [1.165, 1.54) is 0 Å². The third-order valence-corrected chi connectivity index (χ3v) is 8.78. The van der Waals surface area contributed by atoms with Crippen molar-refractivity contribution in [1.29, 1.82) is 5.26 Å². The van der Waals surface area contributed by atoms with E-state index in [0.717, 1.165) is 28.7 Å². The zero-order valence-electron chi connectivity index (χ0n) is 26.0. The van der Waals surface area contributed by atoms with Crippen LogP contribution >= 0.6 is 0 Å². The average molecular weight is 598 g/mol. The molecular weight excluding hydrogens is 558 g/mol. The zero-order valence-corrected chi connectivity index (χ0v) is 26.0. The fourth-order valence-corrected chi connectivity index (χ4v) is 6.62. The average Bonchev–Trinajstić information content (AvgIpc) is 3.65. The quantitative estimate of drug-likeness (QED) is 0.386. The molecule has 1 atom stereocenters. The summed E-state index contributed by atoms with van der Waals surface area (Å²) in [5.74, 6) is 0.357. The summed E-state index contributed by atoms with van der Waals surface area (Å²) in [4.78, 5) is 43.7. The van der Waals surface area contributed by atoms with Crippen LogP contribution in [0.5, 0.6) is 0 Å². The molecule has 0 unspecified atom stereocenters. The maximum absolute atomic E-state index is 13.0. The highest BCUT2D eigenvalue weighted by molar-refractivity contribution is 5.95. The van der Waals surface area contributed by atoms with Gasteiger partial charge in [0.15, 0.2) is 5.82 Å². The molecule has 5 rings (SSSR count). The number of rotatable bonds is 8. The third kappa shape index (κ3) is 5.55. The summed E-state index contributed by atoms with van der Waals surface area (Å²) in [5, 5.41) is 25.5. The van der Waals surface area contributed by atoms with Crippen LogP contribution in [0.15, 0.2) is 36.4 Å². The molecule has 0 saturated carbocycles. The summed E-state index contributed by atoms with van der Waals surface area (Å²) in [5.41, 5.74) is 4.30. The lowest BCUT2D eigenvalue weighted by atomic mass is 9.69. The van der Waals surface area contributed by atoms with Crippen molar-refractivity contribution in [2.75, 3.05) is 47.8 Å². The zero-order chi connectivity index (χ0) is 31.6. The molecule has 3 aromatic rings. The molecule has 3 amide bonds. The van der Waals surface area contributed by atoms with Crippen LogP contribution in [0.2, 0.25) is 0 Å². The summed E-state index contributed by atoms with van der Waals surface area (Å²) in [7, 11) is 8.74. The van der Waals surface area contributed by atoms with E-state index in [4.69, 9.17) is 0 Å². The molecule has 12 nitrogen and oxygen atoms in total. The normalized spacial score (nSPS) is 16.8. The van der Waals surface area contributed by atoms with E-state index in [-0.39, 0.29) is 30.3 Å². The van der Waals surface area contributed by atoms with Gasteiger partial charge in [-0.15, -0.1) is 5.10 Å². The number of nitrogens with one attached hydrogen (secondary N) is 1. The fourth-order valence-electron chi connectivity index (χ4n) is 6.62. The number of nitriles is 1. The largest absolute Gasteiger partial charge is 0.345 e. The summed E-state index contributed by atoms with van der Waals surface area (Å²) in [6.07, 6.45) is 3.34. The maximum Gasteiger partial charge on any atom is 0.253 e. The molecule has 2 aromatic carbocycles. The predicted molar refractivity (Wildman–Crippen MR) is 163 cm³/mol. The molecule has 1 N–H and O–H groups in total. The lowest BCUT2D eigenvalue weighted by Crippen LogP contribution is -2.42. The lowest BCUT2D eigenvalue weighted by molar-refractivity contribution is -0.130. The summed E-state index contributed by atoms with van der Waals surface area (Å²) >= 11 is 0. The van der Waals surface area contributed by atoms with Gasteiger partial charge in [0, 0.05) is 52.9 Å². The molecule has 1 aliphatic heterocycles. The highest BCUT2D eigenvalue weighted by Gasteiger charge is 2.45. The van der Waals surface area contributed by atoms with Crippen molar-refractivity contribution < 1.29 is 14.4 Å². The van der Waals surface area contributed by atoms with Crippen molar-refractivity contribution in [3.63, 3.8) is 0 Å². The van der Waals surface area contributed by atoms with Crippen molar-refractivity contribution >= 4 is 17.7 Å². The van der Waals surface area contributed by atoms with Crippen molar-refractivity contribution in [3.8, 4) is 6.07 Å². The van der Waals surface area contributed by atoms with E-state index in [0.29, 0.717) is 55.7 Å². The van der Waals surface area contributed by atoms with Crippen LogP contribution in [-0.4, -0.2) is 106 Å². The van der Waals surface area contributed by atoms with Crippen molar-refractivity contribution in [3.05, 3.63) is 75.6 Å². The Balaban J connectivity index is 1.60. The topological polar surface area (TPSA) is 140 Å². The number of hydrogen-bond donors (Lipinski definition) is 1. The van der Waals surface area contributed by atoms with Crippen molar-refractivity contribution in [2.45, 2.75) is 43.6 Å². The Hall–Kier alpha value is -4.63. The second kappa shape index (κ2) is 12.5. The van der Waals surface area contributed by atoms with Gasteiger partial charge >= 0.3 is 0 Å². The van der Waals surface area contributed by atoms with Gasteiger partial charge in [-0.05, 0) is 95.6 Å². The van der Waals surface area contributed by atoms with Gasteiger partial charge in [0.25, 0.3) is 11.8 Å². The van der Waals surface area contributed by atoms with Crippen LogP contribution < -0.4 is 5.32 Å². The molecule has 0 spiro atoms. The van der Waals surface area contributed by atoms with E-state index in [2.05, 4.69) is 26.9 Å². The summed E-state index contributed by atoms with van der Waals surface area (Å²) in [6, 6.07) is 13.5. The number of likely N-dealkylation sites (tertiary alicyclic amines) is 1. The molecular formula is C32H39N9O3. The molecule has 2 aliphatic rings. The standard InChI is InChI=1S/C32H39N9O3/c1-38(2)29(43)23-10-12-26-21(17-23)8-9-22-18-24(30(44)39(3)4)11-13-27(22)32(26,31-35-36-37-40(31)5)14-15-34-20-28(42)41-16-6-7-25(41)19-33/h10-13,17-18,25,34H,6-9,14-16,20H2,1-5H3/t25-/m0/s1. The number of carbonyl (C=O) groups excluding carboxylic acids is 3. The molecule has 2 heterocycles. The van der Waals surface area contributed by atoms with Gasteiger partial charge in [-0.3, -0.25) is 14.4 Å². The minimum absolute atomic E-state index is 0.0860. The Kier molecular flexibility index (Phi) is 8.78. The smallest absolute Gasteiger partial charge is 0.253 e. The van der Waals surface area contributed by atoms with Crippen LogP contribution in [0.3, 0.4) is 0 Å². The van der Waals surface area contributed by atoms with E-state index >= 15 is 0 Å². The predicted octanol–water partition coefficient (Wildman–Crippen LogP) is 1.54. The molecule has 12 heteroatoms. The number of aryl methyl sites for hydroxylation is 3. The Morgan fingerprint density at radius 2 is 1.59 bits per heavy atom. The molecule has 1 saturated heterocycles. The van der Waals surface area contributed by atoms with Crippen LogP contribution in [0.4, 0.5) is 0 Å². The maximum atomic E-state index is 13.0. The highest BCUT2D eigenvalue weighted by atomic mass is 16.2. The minimum Gasteiger partial charge on any atom is -0.345 e. The molecule has 1 fully saturated rings. The molecule has 0 radical (unpaired) electrons. The minimum atomic E-state index is -0.850. The van der Waals surface area contributed by atoms with E-state index in [1.54, 1.807) is 47.6 Å². The van der Waals surface area contributed by atoms with Gasteiger partial charge in [-0.1, -0.05) is 12.1 Å². The van der Waals surface area contributed by atoms with E-state index in [9.17, 15) is 19.6 Å². The first kappa shape index (κ1) is 30.8. The molecule has 44 heavy (non-hydrogen) atoms. The second-order valence-electron chi connectivity index (χ2n) is 12.0. The number of tetrazole rings is 1. The first-order valence-corrected chi connectivity index (χ1v) is 14.9. The molecule has 230 valence electrons. The molecule has 1 aromatic heterocycles. The number of amides is 3. The van der Waals surface area contributed by atoms with Gasteiger partial charge in [0.1, 0.15) is 6.04 Å². The van der Waals surface area contributed by atoms with Gasteiger partial charge in [0.05, 0.1) is 18.0 Å². The Labute approximate surface area is 257 Å². The number of aromatic nitrogens is 4. The molecule has 0 bridgehead atoms. The van der Waals surface area contributed by atoms with Gasteiger partial charge in [-0.25, -0.2) is 4.68 Å². The van der Waals surface area contributed by atoms with E-state index in [1.807, 2.05) is 43.4 Å². The van der Waals surface area contributed by atoms with Crippen LogP contribution in [0.1, 0.15) is 68.1 Å². The SMILES string of the molecule is CN(C)C(=O)c1ccc2c(c1)CCc1cc(C(=O)N(C)C)ccc1C2(CCNCC(=O)N1CCC[C@H]1C#N)c1nnnn1C. The van der Waals surface area contributed by atoms with Crippen LogP contribution in [0.25, 0.3) is 0 Å². The van der Waals surface area contributed by atoms with Gasteiger partial charge < -0.3 is 20.0 Å². The molecule has 1 aliphatic carbocycles. The van der Waals surface area contributed by atoms with Gasteiger partial charge in [-0.2, -0.15) is 5.26 Å². The highest BCUT2D eigenvalue weighted by Crippen LogP contribution is 2.46. The number of nitrogens with zero attached hydrogens (tertiary/aromatic N) is 8. The van der Waals surface area contributed by atoms with Crippen molar-refractivity contribution in [2.24, 2.45) is 7.05 Å². The first-order chi connectivity index (χ1) is 21.1. The fraction of sp³-hybridized carbons (Fsp3) is 0.469. The summed E-state index contributed by atoms with van der Waals surface area (Å²) < 4.78 is 1.67. The number of benzene rings is 2. The Morgan fingerprint density at radius 1 is 1.00 bits per heavy atom.